The van der Waals surface area contributed by atoms with Crippen molar-refractivity contribution in [2.45, 2.75) is 31.1 Å². The highest BCUT2D eigenvalue weighted by Gasteiger charge is 2.45. The molecule has 3 rings (SSSR count). The second-order valence-electron chi connectivity index (χ2n) is 6.34. The SMILES string of the molecule is CO[C@@H]1[C@@H](O)[C@@H](CO)O[C@H]1n1cc(N(C=O)Cc2ccccc2)c(=O)[nH]c1=O. The summed E-state index contributed by atoms with van der Waals surface area (Å²) in [5.74, 6) is 0. The number of aliphatic hydroxyl groups excluding tert-OH is 2. The van der Waals surface area contributed by atoms with Gasteiger partial charge >= 0.3 is 5.69 Å². The lowest BCUT2D eigenvalue weighted by molar-refractivity contribution is -0.107. The largest absolute Gasteiger partial charge is 0.394 e. The van der Waals surface area contributed by atoms with Crippen molar-refractivity contribution >= 4 is 12.1 Å². The number of amides is 1. The first kappa shape index (κ1) is 20.0. The Bertz CT molecular complexity index is 927. The van der Waals surface area contributed by atoms with Crippen LogP contribution < -0.4 is 16.1 Å². The minimum absolute atomic E-state index is 0.0705. The van der Waals surface area contributed by atoms with Crippen LogP contribution in [0, 0.1) is 0 Å². The first-order chi connectivity index (χ1) is 13.5. The summed E-state index contributed by atoms with van der Waals surface area (Å²) in [5, 5.41) is 19.5. The Morgan fingerprint density at radius 2 is 2.04 bits per heavy atom. The Kier molecular flexibility index (Phi) is 6.05. The van der Waals surface area contributed by atoms with Gasteiger partial charge in [0.1, 0.15) is 24.0 Å². The van der Waals surface area contributed by atoms with Crippen molar-refractivity contribution in [1.29, 1.82) is 0 Å². The molecule has 10 nitrogen and oxygen atoms in total. The Hall–Kier alpha value is -2.79. The zero-order valence-electron chi connectivity index (χ0n) is 15.1. The molecule has 1 aromatic carbocycles. The Morgan fingerprint density at radius 1 is 1.32 bits per heavy atom. The molecule has 10 heteroatoms. The molecule has 1 amide bonds. The molecule has 1 aromatic heterocycles. The lowest BCUT2D eigenvalue weighted by Crippen LogP contribution is -2.40. The van der Waals surface area contributed by atoms with Crippen LogP contribution in [0.3, 0.4) is 0 Å². The predicted molar refractivity (Wildman–Crippen MR) is 97.8 cm³/mol. The third-order valence-electron chi connectivity index (χ3n) is 4.62. The molecule has 4 atom stereocenters. The van der Waals surface area contributed by atoms with E-state index in [0.29, 0.717) is 6.41 Å². The van der Waals surface area contributed by atoms with Crippen LogP contribution in [0.25, 0.3) is 0 Å². The topological polar surface area (TPSA) is 134 Å². The van der Waals surface area contributed by atoms with Crippen LogP contribution >= 0.6 is 0 Å². The molecule has 0 aliphatic carbocycles. The van der Waals surface area contributed by atoms with Crippen molar-refractivity contribution in [2.24, 2.45) is 0 Å². The number of rotatable bonds is 7. The maximum atomic E-state index is 12.3. The van der Waals surface area contributed by atoms with Gasteiger partial charge in [-0.15, -0.1) is 0 Å². The van der Waals surface area contributed by atoms with Crippen molar-refractivity contribution in [3.05, 3.63) is 62.9 Å². The van der Waals surface area contributed by atoms with Crippen LogP contribution in [0.5, 0.6) is 0 Å². The minimum Gasteiger partial charge on any atom is -0.394 e. The average molecular weight is 391 g/mol. The predicted octanol–water partition coefficient (Wildman–Crippen LogP) is -1.03. The second-order valence-corrected chi connectivity index (χ2v) is 6.34. The van der Waals surface area contributed by atoms with E-state index >= 15 is 0 Å². The quantitative estimate of drug-likeness (QED) is 0.514. The minimum atomic E-state index is -1.17. The number of carbonyl (C=O) groups excluding carboxylic acids is 1. The van der Waals surface area contributed by atoms with Gasteiger partial charge in [-0.25, -0.2) is 4.79 Å². The van der Waals surface area contributed by atoms with Gasteiger partial charge in [0.05, 0.1) is 13.2 Å². The standard InChI is InChI=1S/C18H21N3O7/c1-27-15-14(24)13(9-22)28-17(15)21-8-12(16(25)19-18(21)26)20(10-23)7-11-5-3-2-4-6-11/h2-6,8,10,13-15,17,22,24H,7,9H2,1H3,(H,19,25,26)/t13-,14+,15-,17-/m1/s1. The van der Waals surface area contributed by atoms with Crippen molar-refractivity contribution in [3.8, 4) is 0 Å². The normalized spacial score (nSPS) is 24.2. The summed E-state index contributed by atoms with van der Waals surface area (Å²) in [6, 6.07) is 9.02. The van der Waals surface area contributed by atoms with E-state index in [0.717, 1.165) is 15.0 Å². The molecule has 0 bridgehead atoms. The smallest absolute Gasteiger partial charge is 0.330 e. The number of hydrogen-bond acceptors (Lipinski definition) is 7. The van der Waals surface area contributed by atoms with Gasteiger partial charge in [0, 0.05) is 13.3 Å². The summed E-state index contributed by atoms with van der Waals surface area (Å²) < 4.78 is 11.8. The number of aliphatic hydroxyl groups is 2. The van der Waals surface area contributed by atoms with Crippen molar-refractivity contribution in [2.75, 3.05) is 18.6 Å². The molecule has 28 heavy (non-hydrogen) atoms. The van der Waals surface area contributed by atoms with Crippen LogP contribution in [-0.4, -0.2) is 58.2 Å². The molecule has 0 saturated carbocycles. The van der Waals surface area contributed by atoms with Crippen LogP contribution in [0.15, 0.2) is 46.1 Å². The first-order valence-electron chi connectivity index (χ1n) is 8.58. The van der Waals surface area contributed by atoms with Crippen molar-refractivity contribution in [1.82, 2.24) is 9.55 Å². The Morgan fingerprint density at radius 3 is 2.64 bits per heavy atom. The summed E-state index contributed by atoms with van der Waals surface area (Å²) in [7, 11) is 1.33. The van der Waals surface area contributed by atoms with Gasteiger partial charge in [0.15, 0.2) is 6.23 Å². The molecule has 150 valence electrons. The molecule has 0 radical (unpaired) electrons. The van der Waals surface area contributed by atoms with E-state index in [-0.39, 0.29) is 12.2 Å². The number of nitrogens with zero attached hydrogens (tertiary/aromatic N) is 2. The fraction of sp³-hybridized carbons (Fsp3) is 0.389. The number of methoxy groups -OCH3 is 1. The molecule has 2 heterocycles. The third-order valence-corrected chi connectivity index (χ3v) is 4.62. The van der Waals surface area contributed by atoms with Crippen molar-refractivity contribution in [3.63, 3.8) is 0 Å². The summed E-state index contributed by atoms with van der Waals surface area (Å²) in [6.07, 6.45) is -2.50. The van der Waals surface area contributed by atoms with E-state index in [1.165, 1.54) is 13.3 Å². The summed E-state index contributed by atoms with van der Waals surface area (Å²) in [4.78, 5) is 39.5. The zero-order chi connectivity index (χ0) is 20.3. The number of ether oxygens (including phenoxy) is 2. The summed E-state index contributed by atoms with van der Waals surface area (Å²) >= 11 is 0. The molecule has 1 fully saturated rings. The lowest BCUT2D eigenvalue weighted by atomic mass is 10.1. The fourth-order valence-electron chi connectivity index (χ4n) is 3.18. The molecular formula is C18H21N3O7. The van der Waals surface area contributed by atoms with Crippen LogP contribution in [-0.2, 0) is 20.8 Å². The van der Waals surface area contributed by atoms with E-state index in [2.05, 4.69) is 4.98 Å². The van der Waals surface area contributed by atoms with Gasteiger partial charge in [0.25, 0.3) is 5.56 Å². The molecule has 0 unspecified atom stereocenters. The second kappa shape index (κ2) is 8.48. The Balaban J connectivity index is 1.99. The zero-order valence-corrected chi connectivity index (χ0v) is 15.1. The highest BCUT2D eigenvalue weighted by atomic mass is 16.6. The first-order valence-corrected chi connectivity index (χ1v) is 8.58. The van der Waals surface area contributed by atoms with E-state index < -0.39 is 42.4 Å². The van der Waals surface area contributed by atoms with Crippen LogP contribution in [0.2, 0.25) is 0 Å². The van der Waals surface area contributed by atoms with Gasteiger partial charge in [-0.3, -0.25) is 19.1 Å². The molecular weight excluding hydrogens is 370 g/mol. The maximum Gasteiger partial charge on any atom is 0.330 e. The van der Waals surface area contributed by atoms with E-state index in [4.69, 9.17) is 9.47 Å². The number of hydrogen-bond donors (Lipinski definition) is 3. The Labute approximate surface area is 159 Å². The fourth-order valence-corrected chi connectivity index (χ4v) is 3.18. The highest BCUT2D eigenvalue weighted by molar-refractivity contribution is 5.74. The lowest BCUT2D eigenvalue weighted by Gasteiger charge is -2.23. The number of aromatic nitrogens is 2. The third kappa shape index (κ3) is 3.76. The molecule has 1 aliphatic heterocycles. The number of benzene rings is 1. The number of H-pyrrole nitrogens is 1. The van der Waals surface area contributed by atoms with Gasteiger partial charge in [-0.05, 0) is 5.56 Å². The average Bonchev–Trinajstić information content (AvgIpc) is 3.02. The number of aromatic amines is 1. The van der Waals surface area contributed by atoms with E-state index in [9.17, 15) is 24.6 Å². The summed E-state index contributed by atoms with van der Waals surface area (Å²) in [5.41, 5.74) is -0.819. The molecule has 1 saturated heterocycles. The van der Waals surface area contributed by atoms with Gasteiger partial charge in [-0.2, -0.15) is 0 Å². The van der Waals surface area contributed by atoms with Gasteiger partial charge < -0.3 is 24.6 Å². The maximum absolute atomic E-state index is 12.3. The van der Waals surface area contributed by atoms with Crippen LogP contribution in [0.1, 0.15) is 11.8 Å². The van der Waals surface area contributed by atoms with Crippen LogP contribution in [0.4, 0.5) is 5.69 Å². The molecule has 3 N–H and O–H groups in total. The number of carbonyl (C=O) groups is 1. The summed E-state index contributed by atoms with van der Waals surface area (Å²) in [6.45, 7) is -0.357. The van der Waals surface area contributed by atoms with Gasteiger partial charge in [-0.1, -0.05) is 30.3 Å². The molecule has 2 aromatic rings. The molecule has 1 aliphatic rings. The number of anilines is 1. The highest BCUT2D eigenvalue weighted by Crippen LogP contribution is 2.30. The van der Waals surface area contributed by atoms with E-state index in [1.54, 1.807) is 24.3 Å². The van der Waals surface area contributed by atoms with E-state index in [1.807, 2.05) is 6.07 Å². The van der Waals surface area contributed by atoms with Crippen molar-refractivity contribution < 1.29 is 24.5 Å². The number of nitrogens with one attached hydrogen (secondary N) is 1. The monoisotopic (exact) mass is 391 g/mol. The van der Waals surface area contributed by atoms with Gasteiger partial charge in [0.2, 0.25) is 6.41 Å². The molecule has 0 spiro atoms.